The molecular weight excluding hydrogens is 227 g/mol. The molecule has 0 fully saturated rings. The van der Waals surface area contributed by atoms with E-state index in [1.165, 1.54) is 6.07 Å². The quantitative estimate of drug-likeness (QED) is 0.718. The lowest BCUT2D eigenvalue weighted by Crippen LogP contribution is -2.30. The molecule has 1 aliphatic carbocycles. The highest BCUT2D eigenvalue weighted by molar-refractivity contribution is 5.50. The van der Waals surface area contributed by atoms with E-state index < -0.39 is 11.7 Å². The molecule has 0 amide bonds. The minimum absolute atomic E-state index is 0.284. The third-order valence-corrected chi connectivity index (χ3v) is 3.21. The normalized spacial score (nSPS) is 17.6. The van der Waals surface area contributed by atoms with Gasteiger partial charge in [-0.15, -0.1) is 0 Å². The van der Waals surface area contributed by atoms with E-state index in [9.17, 15) is 13.2 Å². The number of halogens is 3. The molecule has 0 radical (unpaired) electrons. The number of hydrogen-bond donors (Lipinski definition) is 0. The van der Waals surface area contributed by atoms with Crippen molar-refractivity contribution < 1.29 is 13.2 Å². The lowest BCUT2D eigenvalue weighted by Gasteiger charge is -2.27. The Bertz CT molecular complexity index is 466. The second-order valence-electron chi connectivity index (χ2n) is 4.58. The minimum Gasteiger partial charge on any atom is -0.293 e. The van der Waals surface area contributed by atoms with Crippen molar-refractivity contribution in [2.45, 2.75) is 18.6 Å². The van der Waals surface area contributed by atoms with Crippen molar-refractivity contribution in [3.05, 3.63) is 47.0 Å². The summed E-state index contributed by atoms with van der Waals surface area (Å²) in [5.41, 5.74) is 0.705. The van der Waals surface area contributed by atoms with Gasteiger partial charge in [0.05, 0.1) is 11.1 Å². The van der Waals surface area contributed by atoms with Gasteiger partial charge in [0.2, 0.25) is 0 Å². The maximum Gasteiger partial charge on any atom is 0.416 e. The number of nitrogens with zero attached hydrogens (tertiary/aromatic N) is 1. The highest BCUT2D eigenvalue weighted by atomic mass is 19.4. The zero-order valence-corrected chi connectivity index (χ0v) is 9.97. The molecule has 92 valence electrons. The van der Waals surface area contributed by atoms with Crippen LogP contribution in [0.2, 0.25) is 0 Å². The Kier molecular flexibility index (Phi) is 2.58. The summed E-state index contributed by atoms with van der Waals surface area (Å²) in [7, 11) is 3.83. The fraction of sp³-hybridized carbons (Fsp3) is 0.385. The number of alkyl halides is 3. The largest absolute Gasteiger partial charge is 0.416 e. The molecule has 1 aliphatic rings. The monoisotopic (exact) mass is 241 g/mol. The second-order valence-corrected chi connectivity index (χ2v) is 4.58. The average Bonchev–Trinajstić information content (AvgIpc) is 2.96. The van der Waals surface area contributed by atoms with E-state index in [1.54, 1.807) is 13.0 Å². The van der Waals surface area contributed by atoms with Crippen LogP contribution in [0.15, 0.2) is 30.4 Å². The summed E-state index contributed by atoms with van der Waals surface area (Å²) in [6.45, 7) is 1.72. The second kappa shape index (κ2) is 3.60. The first-order valence-corrected chi connectivity index (χ1v) is 5.33. The molecule has 0 atom stereocenters. The zero-order chi connectivity index (χ0) is 12.8. The Morgan fingerprint density at radius 3 is 2.06 bits per heavy atom. The first kappa shape index (κ1) is 12.2. The SMILES string of the molecule is Cc1cc(C(F)(F)F)ccc1C1(N(C)C)C=C1. The smallest absolute Gasteiger partial charge is 0.293 e. The number of hydrogen-bond acceptors (Lipinski definition) is 1. The van der Waals surface area contributed by atoms with Gasteiger partial charge in [0.1, 0.15) is 0 Å². The standard InChI is InChI=1S/C13H14F3N/c1-9-8-10(13(14,15)16)4-5-11(9)12(6-7-12)17(2)3/h4-8H,1-3H3. The van der Waals surface area contributed by atoms with E-state index in [2.05, 4.69) is 0 Å². The van der Waals surface area contributed by atoms with E-state index in [0.29, 0.717) is 5.56 Å². The van der Waals surface area contributed by atoms with Gasteiger partial charge < -0.3 is 0 Å². The summed E-state index contributed by atoms with van der Waals surface area (Å²) in [6, 6.07) is 3.92. The molecule has 0 bridgehead atoms. The molecular formula is C13H14F3N. The molecule has 1 aromatic rings. The van der Waals surface area contributed by atoms with Crippen LogP contribution in [0.4, 0.5) is 13.2 Å². The van der Waals surface area contributed by atoms with Crippen molar-refractivity contribution in [2.75, 3.05) is 14.1 Å². The molecule has 0 aromatic heterocycles. The van der Waals surface area contributed by atoms with Crippen LogP contribution < -0.4 is 0 Å². The third kappa shape index (κ3) is 1.97. The maximum atomic E-state index is 12.5. The lowest BCUT2D eigenvalue weighted by atomic mass is 9.94. The van der Waals surface area contributed by atoms with Crippen molar-refractivity contribution in [1.29, 1.82) is 0 Å². The van der Waals surface area contributed by atoms with Crippen molar-refractivity contribution >= 4 is 0 Å². The highest BCUT2D eigenvalue weighted by Crippen LogP contribution is 2.43. The minimum atomic E-state index is -4.27. The van der Waals surface area contributed by atoms with Gasteiger partial charge in [-0.05, 0) is 44.3 Å². The summed E-state index contributed by atoms with van der Waals surface area (Å²) in [5, 5.41) is 0. The molecule has 4 heteroatoms. The summed E-state index contributed by atoms with van der Waals surface area (Å²) in [5.74, 6) is 0. The van der Waals surface area contributed by atoms with Gasteiger partial charge in [0.15, 0.2) is 0 Å². The summed E-state index contributed by atoms with van der Waals surface area (Å²) in [4.78, 5) is 1.99. The molecule has 0 aliphatic heterocycles. The fourth-order valence-corrected chi connectivity index (χ4v) is 2.09. The van der Waals surface area contributed by atoms with Crippen molar-refractivity contribution in [3.8, 4) is 0 Å². The van der Waals surface area contributed by atoms with Crippen LogP contribution in [0.3, 0.4) is 0 Å². The van der Waals surface area contributed by atoms with Crippen molar-refractivity contribution in [2.24, 2.45) is 0 Å². The average molecular weight is 241 g/mol. The first-order valence-electron chi connectivity index (χ1n) is 5.33. The molecule has 2 rings (SSSR count). The third-order valence-electron chi connectivity index (χ3n) is 3.21. The summed E-state index contributed by atoms with van der Waals surface area (Å²) < 4.78 is 37.6. The number of aryl methyl sites for hydroxylation is 1. The highest BCUT2D eigenvalue weighted by Gasteiger charge is 2.40. The van der Waals surface area contributed by atoms with E-state index in [-0.39, 0.29) is 5.54 Å². The van der Waals surface area contributed by atoms with E-state index in [4.69, 9.17) is 0 Å². The van der Waals surface area contributed by atoms with E-state index >= 15 is 0 Å². The first-order chi connectivity index (χ1) is 7.77. The molecule has 0 saturated carbocycles. The topological polar surface area (TPSA) is 3.24 Å². The molecule has 0 N–H and O–H groups in total. The zero-order valence-electron chi connectivity index (χ0n) is 9.97. The van der Waals surface area contributed by atoms with Gasteiger partial charge in [-0.25, -0.2) is 0 Å². The number of rotatable bonds is 2. The van der Waals surface area contributed by atoms with Gasteiger partial charge in [-0.3, -0.25) is 4.90 Å². The molecule has 0 heterocycles. The Morgan fingerprint density at radius 2 is 1.71 bits per heavy atom. The van der Waals surface area contributed by atoms with Crippen LogP contribution in [0.25, 0.3) is 0 Å². The summed E-state index contributed by atoms with van der Waals surface area (Å²) in [6.07, 6.45) is -0.295. The van der Waals surface area contributed by atoms with Crippen LogP contribution in [0, 0.1) is 6.92 Å². The fourth-order valence-electron chi connectivity index (χ4n) is 2.09. The Labute approximate surface area is 98.5 Å². The van der Waals surface area contributed by atoms with Crippen LogP contribution in [0.1, 0.15) is 16.7 Å². The van der Waals surface area contributed by atoms with Gasteiger partial charge in [0.25, 0.3) is 0 Å². The van der Waals surface area contributed by atoms with Gasteiger partial charge in [-0.2, -0.15) is 13.2 Å². The molecule has 17 heavy (non-hydrogen) atoms. The Balaban J connectivity index is 2.40. The van der Waals surface area contributed by atoms with Crippen LogP contribution in [-0.4, -0.2) is 19.0 Å². The Hall–Kier alpha value is -1.29. The van der Waals surface area contributed by atoms with E-state index in [1.807, 2.05) is 31.1 Å². The van der Waals surface area contributed by atoms with Crippen molar-refractivity contribution in [3.63, 3.8) is 0 Å². The van der Waals surface area contributed by atoms with Crippen LogP contribution in [-0.2, 0) is 11.7 Å². The van der Waals surface area contributed by atoms with E-state index in [0.717, 1.165) is 11.6 Å². The lowest BCUT2D eigenvalue weighted by molar-refractivity contribution is -0.137. The Morgan fingerprint density at radius 1 is 1.12 bits per heavy atom. The summed E-state index contributed by atoms with van der Waals surface area (Å²) >= 11 is 0. The van der Waals surface area contributed by atoms with Crippen molar-refractivity contribution in [1.82, 2.24) is 4.90 Å². The molecule has 0 spiro atoms. The van der Waals surface area contributed by atoms with Crippen LogP contribution in [0.5, 0.6) is 0 Å². The maximum absolute atomic E-state index is 12.5. The number of likely N-dealkylation sites (N-methyl/N-ethyl adjacent to an activating group) is 1. The van der Waals surface area contributed by atoms with Crippen LogP contribution >= 0.6 is 0 Å². The molecule has 1 aromatic carbocycles. The van der Waals surface area contributed by atoms with Gasteiger partial charge in [0, 0.05) is 0 Å². The predicted molar refractivity (Wildman–Crippen MR) is 60.7 cm³/mol. The molecule has 0 saturated heterocycles. The number of benzene rings is 1. The van der Waals surface area contributed by atoms with Gasteiger partial charge in [-0.1, -0.05) is 18.2 Å². The van der Waals surface area contributed by atoms with Gasteiger partial charge >= 0.3 is 6.18 Å². The predicted octanol–water partition coefficient (Wildman–Crippen LogP) is 3.34. The molecule has 0 unspecified atom stereocenters. The molecule has 1 nitrogen and oxygen atoms in total.